The fraction of sp³-hybridized carbons (Fsp3) is 0.647. The van der Waals surface area contributed by atoms with Crippen molar-refractivity contribution in [2.24, 2.45) is 5.92 Å². The molecule has 0 bridgehead atoms. The Bertz CT molecular complexity index is 401. The minimum atomic E-state index is -0.0441. The van der Waals surface area contributed by atoms with Crippen LogP contribution < -0.4 is 0 Å². The number of hydrogen-bond acceptors (Lipinski definition) is 3. The molecule has 1 saturated carbocycles. The summed E-state index contributed by atoms with van der Waals surface area (Å²) in [6, 6.07) is 10.7. The lowest BCUT2D eigenvalue weighted by atomic mass is 10.0. The maximum absolute atomic E-state index is 9.93. The molecule has 1 aliphatic heterocycles. The molecule has 110 valence electrons. The number of aliphatic hydroxyl groups is 1. The van der Waals surface area contributed by atoms with E-state index in [4.69, 9.17) is 0 Å². The number of piperazine rings is 1. The van der Waals surface area contributed by atoms with E-state index in [2.05, 4.69) is 40.1 Å². The quantitative estimate of drug-likeness (QED) is 0.909. The molecule has 0 spiro atoms. The van der Waals surface area contributed by atoms with Crippen molar-refractivity contribution >= 4 is 0 Å². The summed E-state index contributed by atoms with van der Waals surface area (Å²) in [7, 11) is 0. The lowest BCUT2D eigenvalue weighted by Crippen LogP contribution is -2.47. The molecule has 1 aliphatic carbocycles. The Kier molecular flexibility index (Phi) is 4.71. The van der Waals surface area contributed by atoms with Gasteiger partial charge in [0.15, 0.2) is 0 Å². The minimum absolute atomic E-state index is 0.0441. The van der Waals surface area contributed by atoms with Gasteiger partial charge in [-0.15, -0.1) is 0 Å². The first-order valence-corrected chi connectivity index (χ1v) is 7.98. The summed E-state index contributed by atoms with van der Waals surface area (Å²) in [6.45, 7) is 6.77. The molecule has 0 radical (unpaired) electrons. The van der Waals surface area contributed by atoms with Gasteiger partial charge in [0.1, 0.15) is 0 Å². The monoisotopic (exact) mass is 274 g/mol. The van der Waals surface area contributed by atoms with Gasteiger partial charge >= 0.3 is 0 Å². The van der Waals surface area contributed by atoms with Crippen molar-refractivity contribution in [3.05, 3.63) is 35.9 Å². The standard InChI is InChI=1S/C17H26N2O/c20-17-8-4-7-16(17)14-19-11-9-18(10-12-19)13-15-5-2-1-3-6-15/h1-3,5-6,16-17,20H,4,7-14H2. The molecule has 3 rings (SSSR count). The van der Waals surface area contributed by atoms with Crippen LogP contribution in [-0.2, 0) is 6.54 Å². The summed E-state index contributed by atoms with van der Waals surface area (Å²) in [5, 5.41) is 9.93. The van der Waals surface area contributed by atoms with Gasteiger partial charge in [0.2, 0.25) is 0 Å². The number of benzene rings is 1. The average Bonchev–Trinajstić information content (AvgIpc) is 2.88. The molecule has 1 N–H and O–H groups in total. The van der Waals surface area contributed by atoms with Crippen LogP contribution in [0.15, 0.2) is 30.3 Å². The van der Waals surface area contributed by atoms with Gasteiger partial charge in [-0.05, 0) is 24.3 Å². The molecular weight excluding hydrogens is 248 g/mol. The summed E-state index contributed by atoms with van der Waals surface area (Å²) in [4.78, 5) is 5.08. The smallest absolute Gasteiger partial charge is 0.0580 e. The van der Waals surface area contributed by atoms with E-state index in [1.165, 1.54) is 18.4 Å². The van der Waals surface area contributed by atoms with Crippen molar-refractivity contribution in [1.29, 1.82) is 0 Å². The Hall–Kier alpha value is -0.900. The number of aliphatic hydroxyl groups excluding tert-OH is 1. The van der Waals surface area contributed by atoms with Gasteiger partial charge in [-0.2, -0.15) is 0 Å². The zero-order chi connectivity index (χ0) is 13.8. The van der Waals surface area contributed by atoms with E-state index in [1.54, 1.807) is 0 Å². The van der Waals surface area contributed by atoms with Gasteiger partial charge < -0.3 is 10.0 Å². The molecular formula is C17H26N2O. The second-order valence-electron chi connectivity index (χ2n) is 6.32. The molecule has 2 unspecified atom stereocenters. The Morgan fingerprint density at radius 1 is 0.950 bits per heavy atom. The predicted molar refractivity (Wildman–Crippen MR) is 81.5 cm³/mol. The van der Waals surface area contributed by atoms with E-state index in [9.17, 15) is 5.11 Å². The maximum Gasteiger partial charge on any atom is 0.0580 e. The third-order valence-corrected chi connectivity index (χ3v) is 4.83. The Morgan fingerprint density at radius 2 is 1.65 bits per heavy atom. The normalized spacial score (nSPS) is 28.9. The van der Waals surface area contributed by atoms with E-state index in [0.717, 1.165) is 45.7 Å². The summed E-state index contributed by atoms with van der Waals surface area (Å²) in [6.07, 6.45) is 3.39. The van der Waals surface area contributed by atoms with Crippen LogP contribution in [0.5, 0.6) is 0 Å². The summed E-state index contributed by atoms with van der Waals surface area (Å²) in [5.41, 5.74) is 1.41. The van der Waals surface area contributed by atoms with Crippen LogP contribution in [0.2, 0.25) is 0 Å². The van der Waals surface area contributed by atoms with Crippen LogP contribution in [0, 0.1) is 5.92 Å². The molecule has 0 amide bonds. The van der Waals surface area contributed by atoms with Crippen molar-refractivity contribution in [3.8, 4) is 0 Å². The highest BCUT2D eigenvalue weighted by molar-refractivity contribution is 5.14. The summed E-state index contributed by atoms with van der Waals surface area (Å²) < 4.78 is 0. The highest BCUT2D eigenvalue weighted by Gasteiger charge is 2.28. The fourth-order valence-corrected chi connectivity index (χ4v) is 3.53. The van der Waals surface area contributed by atoms with E-state index in [0.29, 0.717) is 5.92 Å². The minimum Gasteiger partial charge on any atom is -0.393 e. The van der Waals surface area contributed by atoms with Gasteiger partial charge in [0.05, 0.1) is 6.10 Å². The van der Waals surface area contributed by atoms with Gasteiger partial charge in [0.25, 0.3) is 0 Å². The first-order valence-electron chi connectivity index (χ1n) is 7.98. The van der Waals surface area contributed by atoms with Crippen molar-refractivity contribution in [1.82, 2.24) is 9.80 Å². The molecule has 2 atom stereocenters. The van der Waals surface area contributed by atoms with Crippen LogP contribution in [0.1, 0.15) is 24.8 Å². The molecule has 1 saturated heterocycles. The molecule has 2 fully saturated rings. The van der Waals surface area contributed by atoms with Crippen LogP contribution in [-0.4, -0.2) is 53.7 Å². The van der Waals surface area contributed by atoms with Gasteiger partial charge in [-0.25, -0.2) is 0 Å². The average molecular weight is 274 g/mol. The van der Waals surface area contributed by atoms with E-state index >= 15 is 0 Å². The molecule has 1 aromatic rings. The first-order chi connectivity index (χ1) is 9.81. The highest BCUT2D eigenvalue weighted by atomic mass is 16.3. The van der Waals surface area contributed by atoms with Crippen molar-refractivity contribution in [2.45, 2.75) is 31.9 Å². The molecule has 1 heterocycles. The molecule has 3 nitrogen and oxygen atoms in total. The zero-order valence-electron chi connectivity index (χ0n) is 12.2. The Balaban J connectivity index is 1.43. The zero-order valence-corrected chi connectivity index (χ0v) is 12.2. The Labute approximate surface area is 122 Å². The summed E-state index contributed by atoms with van der Waals surface area (Å²) >= 11 is 0. The molecule has 0 aromatic heterocycles. The molecule has 20 heavy (non-hydrogen) atoms. The van der Waals surface area contributed by atoms with Gasteiger partial charge in [-0.3, -0.25) is 4.90 Å². The van der Waals surface area contributed by atoms with Crippen molar-refractivity contribution in [3.63, 3.8) is 0 Å². The van der Waals surface area contributed by atoms with Crippen LogP contribution >= 0.6 is 0 Å². The maximum atomic E-state index is 9.93. The van der Waals surface area contributed by atoms with Crippen LogP contribution in [0.3, 0.4) is 0 Å². The molecule has 3 heteroatoms. The topological polar surface area (TPSA) is 26.7 Å². The van der Waals surface area contributed by atoms with Crippen LogP contribution in [0.25, 0.3) is 0 Å². The molecule has 1 aromatic carbocycles. The van der Waals surface area contributed by atoms with Gasteiger partial charge in [0, 0.05) is 39.3 Å². The van der Waals surface area contributed by atoms with E-state index in [1.807, 2.05) is 0 Å². The largest absolute Gasteiger partial charge is 0.393 e. The van der Waals surface area contributed by atoms with Crippen LogP contribution in [0.4, 0.5) is 0 Å². The van der Waals surface area contributed by atoms with E-state index in [-0.39, 0.29) is 6.10 Å². The highest BCUT2D eigenvalue weighted by Crippen LogP contribution is 2.26. The van der Waals surface area contributed by atoms with Gasteiger partial charge in [-0.1, -0.05) is 36.8 Å². The van der Waals surface area contributed by atoms with Crippen molar-refractivity contribution in [2.75, 3.05) is 32.7 Å². The fourth-order valence-electron chi connectivity index (χ4n) is 3.53. The number of rotatable bonds is 4. The summed E-state index contributed by atoms with van der Waals surface area (Å²) in [5.74, 6) is 0.524. The number of nitrogens with zero attached hydrogens (tertiary/aromatic N) is 2. The predicted octanol–water partition coefficient (Wildman–Crippen LogP) is 1.97. The SMILES string of the molecule is OC1CCCC1CN1CCN(Cc2ccccc2)CC1. The first kappa shape index (κ1) is 14.1. The van der Waals surface area contributed by atoms with E-state index < -0.39 is 0 Å². The second-order valence-corrected chi connectivity index (χ2v) is 6.32. The Morgan fingerprint density at radius 3 is 2.30 bits per heavy atom. The second kappa shape index (κ2) is 6.70. The number of hydrogen-bond donors (Lipinski definition) is 1. The third kappa shape index (κ3) is 3.60. The third-order valence-electron chi connectivity index (χ3n) is 4.83. The lowest BCUT2D eigenvalue weighted by molar-refractivity contribution is 0.0719. The molecule has 2 aliphatic rings. The lowest BCUT2D eigenvalue weighted by Gasteiger charge is -2.36. The van der Waals surface area contributed by atoms with Crippen molar-refractivity contribution < 1.29 is 5.11 Å².